The first-order valence-electron chi connectivity index (χ1n) is 2.64. The van der Waals surface area contributed by atoms with Gasteiger partial charge in [0.05, 0.1) is 5.69 Å². The Labute approximate surface area is 51.6 Å². The number of rotatable bonds is 1. The zero-order valence-corrected chi connectivity index (χ0v) is 5.05. The molecule has 0 fully saturated rings. The number of aromatic amines is 1. The normalized spacial score (nSPS) is 13.6. The second-order valence-corrected chi connectivity index (χ2v) is 1.91. The first kappa shape index (κ1) is 6.10. The molecule has 0 aliphatic rings. The van der Waals surface area contributed by atoms with E-state index >= 15 is 0 Å². The van der Waals surface area contributed by atoms with Gasteiger partial charge in [0.25, 0.3) is 0 Å². The number of nitrogens with one attached hydrogen (secondary N) is 1. The topological polar surface area (TPSA) is 72.0 Å². The molecule has 9 heavy (non-hydrogen) atoms. The number of nitrogens with two attached hydrogens (primary N) is 1. The summed E-state index contributed by atoms with van der Waals surface area (Å²) in [7, 11) is 0. The summed E-state index contributed by atoms with van der Waals surface area (Å²) >= 11 is 0. The quantitative estimate of drug-likeness (QED) is 0.558. The maximum atomic E-state index is 10.3. The van der Waals surface area contributed by atoms with Crippen molar-refractivity contribution >= 4 is 0 Å². The SMILES string of the molecule is C[C@H](N)c1cc(=O)o[nH]1. The van der Waals surface area contributed by atoms with Crippen molar-refractivity contribution in [3.8, 4) is 0 Å². The number of hydrogen-bond donors (Lipinski definition) is 2. The summed E-state index contributed by atoms with van der Waals surface area (Å²) in [5.41, 5.74) is 5.64. The van der Waals surface area contributed by atoms with Crippen molar-refractivity contribution in [1.29, 1.82) is 0 Å². The molecule has 1 aromatic rings. The molecule has 0 aromatic carbocycles. The lowest BCUT2D eigenvalue weighted by Gasteiger charge is -1.95. The minimum Gasteiger partial charge on any atom is -0.339 e. The third-order valence-electron chi connectivity index (χ3n) is 1.03. The second-order valence-electron chi connectivity index (χ2n) is 1.91. The Morgan fingerprint density at radius 2 is 2.56 bits per heavy atom. The molecule has 1 heterocycles. The van der Waals surface area contributed by atoms with Gasteiger partial charge in [0.2, 0.25) is 0 Å². The average Bonchev–Trinajstić information content (AvgIpc) is 2.14. The van der Waals surface area contributed by atoms with Crippen molar-refractivity contribution in [3.63, 3.8) is 0 Å². The van der Waals surface area contributed by atoms with E-state index < -0.39 is 0 Å². The molecule has 0 saturated heterocycles. The summed E-state index contributed by atoms with van der Waals surface area (Å²) < 4.78 is 4.37. The van der Waals surface area contributed by atoms with Crippen LogP contribution in [-0.4, -0.2) is 5.16 Å². The molecule has 50 valence electrons. The highest BCUT2D eigenvalue weighted by Crippen LogP contribution is 2.00. The monoisotopic (exact) mass is 128 g/mol. The van der Waals surface area contributed by atoms with Crippen molar-refractivity contribution in [3.05, 3.63) is 22.2 Å². The second kappa shape index (κ2) is 2.06. The number of aromatic nitrogens is 1. The van der Waals surface area contributed by atoms with Crippen molar-refractivity contribution < 1.29 is 4.52 Å². The fourth-order valence-electron chi connectivity index (χ4n) is 0.520. The summed E-state index contributed by atoms with van der Waals surface area (Å²) in [4.78, 5) is 10.3. The van der Waals surface area contributed by atoms with Gasteiger partial charge in [-0.25, -0.2) is 9.95 Å². The van der Waals surface area contributed by atoms with E-state index in [1.54, 1.807) is 6.92 Å². The molecule has 0 aliphatic carbocycles. The molecule has 3 N–H and O–H groups in total. The predicted octanol–water partition coefficient (Wildman–Crippen LogP) is -0.0124. The Bertz CT molecular complexity index is 235. The van der Waals surface area contributed by atoms with Crippen LogP contribution in [-0.2, 0) is 0 Å². The fraction of sp³-hybridized carbons (Fsp3) is 0.400. The van der Waals surface area contributed by atoms with Gasteiger partial charge in [-0.05, 0) is 6.92 Å². The van der Waals surface area contributed by atoms with Crippen LogP contribution in [0.2, 0.25) is 0 Å². The van der Waals surface area contributed by atoms with Crippen LogP contribution in [0.3, 0.4) is 0 Å². The van der Waals surface area contributed by atoms with Crippen molar-refractivity contribution in [2.45, 2.75) is 13.0 Å². The van der Waals surface area contributed by atoms with E-state index in [1.807, 2.05) is 0 Å². The summed E-state index contributed by atoms with van der Waals surface area (Å²) in [5, 5.41) is 2.39. The van der Waals surface area contributed by atoms with Gasteiger partial charge in [-0.15, -0.1) is 0 Å². The first-order valence-corrected chi connectivity index (χ1v) is 2.64. The van der Waals surface area contributed by atoms with Gasteiger partial charge in [0.15, 0.2) is 0 Å². The molecule has 0 radical (unpaired) electrons. The molecular formula is C5H8N2O2. The first-order chi connectivity index (χ1) is 4.20. The van der Waals surface area contributed by atoms with E-state index in [9.17, 15) is 4.79 Å². The van der Waals surface area contributed by atoms with E-state index in [1.165, 1.54) is 6.07 Å². The molecule has 0 unspecified atom stereocenters. The lowest BCUT2D eigenvalue weighted by atomic mass is 10.3. The molecule has 4 nitrogen and oxygen atoms in total. The van der Waals surface area contributed by atoms with Gasteiger partial charge in [-0.2, -0.15) is 0 Å². The predicted molar refractivity (Wildman–Crippen MR) is 31.9 cm³/mol. The summed E-state index contributed by atoms with van der Waals surface area (Å²) in [6.07, 6.45) is 0. The van der Waals surface area contributed by atoms with Gasteiger partial charge in [0, 0.05) is 12.1 Å². The molecule has 0 amide bonds. The maximum absolute atomic E-state index is 10.3. The third-order valence-corrected chi connectivity index (χ3v) is 1.03. The van der Waals surface area contributed by atoms with E-state index in [-0.39, 0.29) is 11.7 Å². The van der Waals surface area contributed by atoms with Crippen LogP contribution in [0.25, 0.3) is 0 Å². The Balaban J connectivity index is 2.98. The van der Waals surface area contributed by atoms with E-state index in [2.05, 4.69) is 9.68 Å². The van der Waals surface area contributed by atoms with Crippen LogP contribution in [0, 0.1) is 0 Å². The molecular weight excluding hydrogens is 120 g/mol. The maximum Gasteiger partial charge on any atom is 0.357 e. The Kier molecular flexibility index (Phi) is 1.40. The number of hydrogen-bond acceptors (Lipinski definition) is 3. The minimum absolute atomic E-state index is 0.170. The van der Waals surface area contributed by atoms with Crippen molar-refractivity contribution in [2.75, 3.05) is 0 Å². The number of H-pyrrole nitrogens is 1. The fourth-order valence-corrected chi connectivity index (χ4v) is 0.520. The molecule has 1 rings (SSSR count). The average molecular weight is 128 g/mol. The molecule has 0 aliphatic heterocycles. The highest BCUT2D eigenvalue weighted by atomic mass is 16.5. The van der Waals surface area contributed by atoms with Gasteiger partial charge < -0.3 is 10.3 Å². The van der Waals surface area contributed by atoms with E-state index in [4.69, 9.17) is 5.73 Å². The van der Waals surface area contributed by atoms with Gasteiger partial charge in [0.1, 0.15) is 0 Å². The Morgan fingerprint density at radius 1 is 1.89 bits per heavy atom. The van der Waals surface area contributed by atoms with Gasteiger partial charge in [-0.1, -0.05) is 0 Å². The molecule has 1 atom stereocenters. The minimum atomic E-state index is -0.387. The molecule has 1 aromatic heterocycles. The van der Waals surface area contributed by atoms with Crippen LogP contribution in [0.5, 0.6) is 0 Å². The van der Waals surface area contributed by atoms with Crippen LogP contribution in [0.4, 0.5) is 0 Å². The summed E-state index contributed by atoms with van der Waals surface area (Å²) in [6, 6.07) is 1.17. The Morgan fingerprint density at radius 3 is 2.78 bits per heavy atom. The van der Waals surface area contributed by atoms with Crippen LogP contribution < -0.4 is 11.4 Å². The standard InChI is InChI=1S/C5H8N2O2/c1-3(6)4-2-5(8)9-7-4/h2-3,7H,6H2,1H3/t3-/m0/s1. The van der Waals surface area contributed by atoms with Gasteiger partial charge >= 0.3 is 5.63 Å². The van der Waals surface area contributed by atoms with Gasteiger partial charge in [-0.3, -0.25) is 0 Å². The van der Waals surface area contributed by atoms with E-state index in [0.29, 0.717) is 5.69 Å². The molecule has 0 spiro atoms. The van der Waals surface area contributed by atoms with Crippen LogP contribution in [0.1, 0.15) is 18.7 Å². The summed E-state index contributed by atoms with van der Waals surface area (Å²) in [5.74, 6) is 0. The third kappa shape index (κ3) is 1.20. The van der Waals surface area contributed by atoms with Crippen LogP contribution >= 0.6 is 0 Å². The zero-order valence-electron chi connectivity index (χ0n) is 5.05. The van der Waals surface area contributed by atoms with Crippen molar-refractivity contribution in [1.82, 2.24) is 5.16 Å². The van der Waals surface area contributed by atoms with Crippen LogP contribution in [0.15, 0.2) is 15.4 Å². The lowest BCUT2D eigenvalue weighted by Crippen LogP contribution is -2.05. The highest BCUT2D eigenvalue weighted by molar-refractivity contribution is 4.99. The molecule has 4 heteroatoms. The lowest BCUT2D eigenvalue weighted by molar-refractivity contribution is 0.381. The summed E-state index contributed by atoms with van der Waals surface area (Å²) in [6.45, 7) is 1.76. The van der Waals surface area contributed by atoms with Crippen molar-refractivity contribution in [2.24, 2.45) is 5.73 Å². The largest absolute Gasteiger partial charge is 0.357 e. The molecule has 0 saturated carbocycles. The molecule has 0 bridgehead atoms. The highest BCUT2D eigenvalue weighted by Gasteiger charge is 2.01. The van der Waals surface area contributed by atoms with E-state index in [0.717, 1.165) is 0 Å². The smallest absolute Gasteiger partial charge is 0.339 e. The zero-order chi connectivity index (χ0) is 6.85. The Hall–Kier alpha value is -1.03.